The zero-order chi connectivity index (χ0) is 58.3. The molecule has 15 aromatic rings. The van der Waals surface area contributed by atoms with Gasteiger partial charge >= 0.3 is 0 Å². The van der Waals surface area contributed by atoms with E-state index in [0.29, 0.717) is 0 Å². The normalized spacial score (nSPS) is 13.9. The standard InChI is InChI=1S/C84H56N2O2/c1-49-25-5-19-39-69(49)85(70-40-20-6-26-50(70)2)73-47-67-77(79-57-33-13-23-43-75(57)87-81(73)79)59-45-66-60(46-65(59)83(67)61-35-15-9-29-53(61)54-30-10-16-36-62(54)83)78-68(84(66)63-37-17-11-31-55(63)56-32-12-18-38-64(56)84)48-74(82-80(78)58-34-14-24-44-76(58)88-82)86(71-41-21-7-27-51(71)3)72-42-22-8-28-52(72)4/h5-48H,1-4H3. The maximum absolute atomic E-state index is 7.50. The molecule has 2 heterocycles. The van der Waals surface area contributed by atoms with Gasteiger partial charge in [0.05, 0.1) is 22.2 Å². The highest BCUT2D eigenvalue weighted by molar-refractivity contribution is 6.23. The van der Waals surface area contributed by atoms with Gasteiger partial charge in [0, 0.05) is 44.3 Å². The quantitative estimate of drug-likeness (QED) is 0.166. The Bertz CT molecular complexity index is 5030. The van der Waals surface area contributed by atoms with E-state index in [1.807, 2.05) is 0 Å². The monoisotopic (exact) mass is 1120 g/mol. The molecule has 0 amide bonds. The Morgan fingerprint density at radius 1 is 0.250 bits per heavy atom. The van der Waals surface area contributed by atoms with Crippen molar-refractivity contribution in [3.63, 3.8) is 0 Å². The topological polar surface area (TPSA) is 32.8 Å². The number of aryl methyl sites for hydroxylation is 4. The van der Waals surface area contributed by atoms with Crippen molar-refractivity contribution in [2.45, 2.75) is 38.5 Å². The largest absolute Gasteiger partial charge is 0.454 e. The fraction of sp³-hybridized carbons (Fsp3) is 0.0714. The summed E-state index contributed by atoms with van der Waals surface area (Å²) in [5.74, 6) is 0. The van der Waals surface area contributed by atoms with E-state index in [1.54, 1.807) is 0 Å². The third-order valence-corrected chi connectivity index (χ3v) is 20.4. The zero-order valence-corrected chi connectivity index (χ0v) is 49.1. The second kappa shape index (κ2) is 17.8. The molecule has 0 aliphatic heterocycles. The van der Waals surface area contributed by atoms with E-state index in [2.05, 4.69) is 304 Å². The number of rotatable bonds is 6. The summed E-state index contributed by atoms with van der Waals surface area (Å²) in [6.07, 6.45) is 0. The molecule has 0 saturated heterocycles. The summed E-state index contributed by atoms with van der Waals surface area (Å²) in [5.41, 5.74) is 32.9. The van der Waals surface area contributed by atoms with Gasteiger partial charge in [-0.25, -0.2) is 0 Å². The van der Waals surface area contributed by atoms with Gasteiger partial charge in [-0.15, -0.1) is 0 Å². The maximum atomic E-state index is 7.50. The van der Waals surface area contributed by atoms with Crippen molar-refractivity contribution in [1.29, 1.82) is 0 Å². The van der Waals surface area contributed by atoms with Crippen molar-refractivity contribution in [3.8, 4) is 44.5 Å². The van der Waals surface area contributed by atoms with Crippen LogP contribution >= 0.6 is 0 Å². The highest BCUT2D eigenvalue weighted by atomic mass is 16.3. The SMILES string of the molecule is Cc1ccccc1N(c1ccccc1C)c1cc2c(c3c1oc1ccccc13)-c1cc3c(cc1C21c2ccccc2-c2ccccc21)-c1c(cc(N(c2ccccc2C)c2ccccc2C)c2oc4ccccc4c12)C31c2ccccc2-c2ccccc21. The molecule has 4 heteroatoms. The predicted molar refractivity (Wildman–Crippen MR) is 362 cm³/mol. The lowest BCUT2D eigenvalue weighted by Crippen LogP contribution is -2.27. The first-order chi connectivity index (χ1) is 43.3. The van der Waals surface area contributed by atoms with Crippen molar-refractivity contribution in [1.82, 2.24) is 0 Å². The van der Waals surface area contributed by atoms with Gasteiger partial charge in [0.2, 0.25) is 0 Å². The minimum Gasteiger partial charge on any atom is -0.454 e. The highest BCUT2D eigenvalue weighted by Gasteiger charge is 2.58. The Balaban J connectivity index is 1.02. The molecule has 0 atom stereocenters. The number of fused-ring (bicyclic) bond motifs is 28. The molecule has 4 aliphatic carbocycles. The van der Waals surface area contributed by atoms with Crippen LogP contribution in [0, 0.1) is 27.7 Å². The second-order valence-electron chi connectivity index (χ2n) is 24.7. The van der Waals surface area contributed by atoms with Crippen LogP contribution in [0.5, 0.6) is 0 Å². The van der Waals surface area contributed by atoms with Crippen LogP contribution < -0.4 is 9.80 Å². The Kier molecular flexibility index (Phi) is 9.99. The lowest BCUT2D eigenvalue weighted by molar-refractivity contribution is 0.668. The summed E-state index contributed by atoms with van der Waals surface area (Å²) < 4.78 is 15.0. The van der Waals surface area contributed by atoms with E-state index in [0.717, 1.165) is 78.0 Å². The molecular formula is C84H56N2O2. The van der Waals surface area contributed by atoms with Gasteiger partial charge in [-0.3, -0.25) is 0 Å². The molecule has 0 radical (unpaired) electrons. The lowest BCUT2D eigenvalue weighted by atomic mass is 9.68. The van der Waals surface area contributed by atoms with Crippen LogP contribution in [0.15, 0.2) is 276 Å². The molecule has 0 fully saturated rings. The first-order valence-electron chi connectivity index (χ1n) is 30.7. The smallest absolute Gasteiger partial charge is 0.160 e. The van der Waals surface area contributed by atoms with Crippen molar-refractivity contribution in [2.75, 3.05) is 9.80 Å². The molecule has 2 spiro atoms. The van der Waals surface area contributed by atoms with Gasteiger partial charge in [-0.1, -0.05) is 206 Å². The molecule has 0 unspecified atom stereocenters. The Labute approximate surface area is 510 Å². The molecule has 13 aromatic carbocycles. The van der Waals surface area contributed by atoms with Gasteiger partial charge in [0.15, 0.2) is 11.2 Å². The first-order valence-corrected chi connectivity index (χ1v) is 30.7. The van der Waals surface area contributed by atoms with Crippen molar-refractivity contribution in [3.05, 3.63) is 334 Å². The Morgan fingerprint density at radius 2 is 0.534 bits per heavy atom. The second-order valence-corrected chi connectivity index (χ2v) is 24.7. The van der Waals surface area contributed by atoms with E-state index in [1.165, 1.54) is 111 Å². The Hall–Kier alpha value is -10.9. The lowest BCUT2D eigenvalue weighted by Gasteiger charge is -2.34. The van der Waals surface area contributed by atoms with E-state index < -0.39 is 10.8 Å². The molecule has 88 heavy (non-hydrogen) atoms. The van der Waals surface area contributed by atoms with Crippen LogP contribution in [-0.4, -0.2) is 0 Å². The number of nitrogens with zero attached hydrogens (tertiary/aromatic N) is 2. The summed E-state index contributed by atoms with van der Waals surface area (Å²) in [4.78, 5) is 4.96. The fourth-order valence-corrected chi connectivity index (χ4v) is 16.8. The number of anilines is 6. The number of hydrogen-bond acceptors (Lipinski definition) is 4. The van der Waals surface area contributed by atoms with Crippen LogP contribution in [0.3, 0.4) is 0 Å². The highest BCUT2D eigenvalue weighted by Crippen LogP contribution is 2.71. The number of hydrogen-bond donors (Lipinski definition) is 0. The van der Waals surface area contributed by atoms with E-state index in [9.17, 15) is 0 Å². The van der Waals surface area contributed by atoms with Crippen LogP contribution in [0.1, 0.15) is 66.8 Å². The predicted octanol–water partition coefficient (Wildman–Crippen LogP) is 22.3. The van der Waals surface area contributed by atoms with Crippen LogP contribution in [0.4, 0.5) is 34.1 Å². The molecule has 2 aromatic heterocycles. The third-order valence-electron chi connectivity index (χ3n) is 20.4. The number of benzene rings is 13. The van der Waals surface area contributed by atoms with Gasteiger partial charge in [0.1, 0.15) is 11.2 Å². The van der Waals surface area contributed by atoms with E-state index in [4.69, 9.17) is 8.83 Å². The van der Waals surface area contributed by atoms with Crippen molar-refractivity contribution < 1.29 is 8.83 Å². The summed E-state index contributed by atoms with van der Waals surface area (Å²) >= 11 is 0. The van der Waals surface area contributed by atoms with Gasteiger partial charge in [0.25, 0.3) is 0 Å². The van der Waals surface area contributed by atoms with E-state index >= 15 is 0 Å². The zero-order valence-electron chi connectivity index (χ0n) is 49.1. The Morgan fingerprint density at radius 3 is 0.864 bits per heavy atom. The molecule has 4 aliphatic rings. The minimum absolute atomic E-state index is 0.775. The molecule has 0 bridgehead atoms. The molecule has 19 rings (SSSR count). The molecular weight excluding hydrogens is 1070 g/mol. The summed E-state index contributed by atoms with van der Waals surface area (Å²) in [6.45, 7) is 8.91. The number of furan rings is 2. The van der Waals surface area contributed by atoms with Crippen molar-refractivity contribution in [2.24, 2.45) is 0 Å². The third kappa shape index (κ3) is 6.13. The van der Waals surface area contributed by atoms with Crippen LogP contribution in [-0.2, 0) is 10.8 Å². The van der Waals surface area contributed by atoms with Crippen LogP contribution in [0.25, 0.3) is 88.4 Å². The van der Waals surface area contributed by atoms with E-state index in [-0.39, 0.29) is 0 Å². The summed E-state index contributed by atoms with van der Waals surface area (Å²) in [5, 5.41) is 4.41. The van der Waals surface area contributed by atoms with Crippen LogP contribution in [0.2, 0.25) is 0 Å². The molecule has 0 N–H and O–H groups in total. The summed E-state index contributed by atoms with van der Waals surface area (Å²) in [6, 6.07) is 100.0. The van der Waals surface area contributed by atoms with Gasteiger partial charge < -0.3 is 18.6 Å². The molecule has 0 saturated carbocycles. The maximum Gasteiger partial charge on any atom is 0.160 e. The average molecular weight is 1130 g/mol. The molecule has 414 valence electrons. The minimum atomic E-state index is -0.775. The van der Waals surface area contributed by atoms with Gasteiger partial charge in [-0.2, -0.15) is 0 Å². The van der Waals surface area contributed by atoms with Gasteiger partial charge in [-0.05, 0) is 200 Å². The first kappa shape index (κ1) is 49.3. The van der Waals surface area contributed by atoms with Crippen molar-refractivity contribution >= 4 is 78.0 Å². The number of para-hydroxylation sites is 6. The fourth-order valence-electron chi connectivity index (χ4n) is 16.8. The summed E-state index contributed by atoms with van der Waals surface area (Å²) in [7, 11) is 0. The average Bonchev–Trinajstić information content (AvgIpc) is 1.48. The molecule has 4 nitrogen and oxygen atoms in total.